The van der Waals surface area contributed by atoms with Crippen LogP contribution in [0.15, 0.2) is 18.2 Å². The molecule has 4 heteroatoms. The van der Waals surface area contributed by atoms with E-state index in [4.69, 9.17) is 5.11 Å². The van der Waals surface area contributed by atoms with Gasteiger partial charge in [0, 0.05) is 11.6 Å². The van der Waals surface area contributed by atoms with E-state index in [9.17, 15) is 10.1 Å². The molecular formula is C11H15NO3. The zero-order valence-electron chi connectivity index (χ0n) is 8.93. The molecule has 0 heterocycles. The topological polar surface area (TPSA) is 63.4 Å². The number of aliphatic hydroxyl groups is 1. The molecular weight excluding hydrogens is 194 g/mol. The van der Waals surface area contributed by atoms with Crippen molar-refractivity contribution in [1.82, 2.24) is 0 Å². The number of nitrogens with zero attached hydrogens (tertiary/aromatic N) is 1. The van der Waals surface area contributed by atoms with E-state index >= 15 is 0 Å². The molecule has 0 spiro atoms. The minimum Gasteiger partial charge on any atom is -0.393 e. The van der Waals surface area contributed by atoms with Crippen LogP contribution in [0.1, 0.15) is 24.5 Å². The fourth-order valence-electron chi connectivity index (χ4n) is 1.45. The molecule has 0 saturated heterocycles. The number of aryl methyl sites for hydroxylation is 2. The summed E-state index contributed by atoms with van der Waals surface area (Å²) in [5, 5.41) is 19.7. The van der Waals surface area contributed by atoms with Gasteiger partial charge in [0.15, 0.2) is 0 Å². The minimum atomic E-state index is -0.381. The molecule has 82 valence electrons. The van der Waals surface area contributed by atoms with E-state index in [1.165, 1.54) is 6.07 Å². The quantitative estimate of drug-likeness (QED) is 0.610. The summed E-state index contributed by atoms with van der Waals surface area (Å²) in [5.41, 5.74) is 1.85. The molecule has 1 aromatic carbocycles. The van der Waals surface area contributed by atoms with Crippen molar-refractivity contribution in [3.63, 3.8) is 0 Å². The first-order valence-electron chi connectivity index (χ1n) is 4.92. The van der Waals surface area contributed by atoms with Crippen molar-refractivity contribution in [2.75, 3.05) is 0 Å². The highest BCUT2D eigenvalue weighted by molar-refractivity contribution is 5.41. The molecule has 1 atom stereocenters. The van der Waals surface area contributed by atoms with Crippen LogP contribution in [0.2, 0.25) is 0 Å². The first-order valence-corrected chi connectivity index (χ1v) is 4.92. The third kappa shape index (κ3) is 3.32. The summed E-state index contributed by atoms with van der Waals surface area (Å²) in [6.45, 7) is 3.46. The molecule has 1 unspecified atom stereocenters. The molecule has 1 N–H and O–H groups in total. The Hall–Kier alpha value is -1.42. The second kappa shape index (κ2) is 4.89. The number of hydrogen-bond donors (Lipinski definition) is 1. The number of nitro groups is 1. The van der Waals surface area contributed by atoms with Crippen LogP contribution in [0.25, 0.3) is 0 Å². The molecule has 15 heavy (non-hydrogen) atoms. The molecule has 0 aliphatic rings. The van der Waals surface area contributed by atoms with Crippen LogP contribution in [0.3, 0.4) is 0 Å². The first kappa shape index (κ1) is 11.7. The second-order valence-corrected chi connectivity index (χ2v) is 3.77. The molecule has 0 radical (unpaired) electrons. The van der Waals surface area contributed by atoms with E-state index in [-0.39, 0.29) is 16.7 Å². The molecule has 1 rings (SSSR count). The van der Waals surface area contributed by atoms with E-state index in [2.05, 4.69) is 0 Å². The van der Waals surface area contributed by atoms with Gasteiger partial charge in [0.1, 0.15) is 0 Å². The molecule has 0 amide bonds. The lowest BCUT2D eigenvalue weighted by Crippen LogP contribution is -2.02. The van der Waals surface area contributed by atoms with Gasteiger partial charge in [-0.25, -0.2) is 0 Å². The van der Waals surface area contributed by atoms with Crippen molar-refractivity contribution >= 4 is 5.69 Å². The molecule has 0 saturated carbocycles. The van der Waals surface area contributed by atoms with Crippen molar-refractivity contribution < 1.29 is 10.0 Å². The molecule has 0 fully saturated rings. The lowest BCUT2D eigenvalue weighted by molar-refractivity contribution is -0.385. The van der Waals surface area contributed by atoms with Gasteiger partial charge < -0.3 is 5.11 Å². The maximum absolute atomic E-state index is 10.6. The van der Waals surface area contributed by atoms with Gasteiger partial charge in [0.2, 0.25) is 0 Å². The zero-order valence-corrected chi connectivity index (χ0v) is 8.93. The number of rotatable bonds is 4. The lowest BCUT2D eigenvalue weighted by atomic mass is 10.0. The van der Waals surface area contributed by atoms with Gasteiger partial charge in [-0.1, -0.05) is 6.07 Å². The van der Waals surface area contributed by atoms with E-state index in [1.54, 1.807) is 26.0 Å². The summed E-state index contributed by atoms with van der Waals surface area (Å²) in [6.07, 6.45) is 1.09. The summed E-state index contributed by atoms with van der Waals surface area (Å²) in [6, 6.07) is 5.07. The average molecular weight is 209 g/mol. The first-order chi connectivity index (χ1) is 7.00. The number of benzene rings is 1. The smallest absolute Gasteiger partial charge is 0.272 e. The Morgan fingerprint density at radius 1 is 1.53 bits per heavy atom. The van der Waals surface area contributed by atoms with Crippen molar-refractivity contribution in [3.8, 4) is 0 Å². The monoisotopic (exact) mass is 209 g/mol. The Morgan fingerprint density at radius 3 is 2.67 bits per heavy atom. The Morgan fingerprint density at radius 2 is 2.20 bits per heavy atom. The summed E-state index contributed by atoms with van der Waals surface area (Å²) in [4.78, 5) is 10.2. The lowest BCUT2D eigenvalue weighted by Gasteiger charge is -2.05. The van der Waals surface area contributed by atoms with Crippen molar-refractivity contribution in [1.29, 1.82) is 0 Å². The van der Waals surface area contributed by atoms with Crippen LogP contribution in [-0.4, -0.2) is 16.1 Å². The van der Waals surface area contributed by atoms with E-state index in [1.807, 2.05) is 0 Å². The standard InChI is InChI=1S/C11H15NO3/c1-8-7-10(4-3-9(2)13)5-6-11(8)12(14)15/h5-7,9,13H,3-4H2,1-2H3. The highest BCUT2D eigenvalue weighted by Crippen LogP contribution is 2.19. The average Bonchev–Trinajstić information content (AvgIpc) is 2.14. The minimum absolute atomic E-state index is 0.149. The van der Waals surface area contributed by atoms with Gasteiger partial charge in [0.25, 0.3) is 5.69 Å². The maximum atomic E-state index is 10.6. The normalized spacial score (nSPS) is 12.5. The van der Waals surface area contributed by atoms with Crippen LogP contribution >= 0.6 is 0 Å². The van der Waals surface area contributed by atoms with Gasteiger partial charge in [0.05, 0.1) is 11.0 Å². The maximum Gasteiger partial charge on any atom is 0.272 e. The molecule has 0 aromatic heterocycles. The highest BCUT2D eigenvalue weighted by atomic mass is 16.6. The third-order valence-corrected chi connectivity index (χ3v) is 2.31. The van der Waals surface area contributed by atoms with E-state index < -0.39 is 0 Å². The fraction of sp³-hybridized carbons (Fsp3) is 0.455. The van der Waals surface area contributed by atoms with Crippen LogP contribution in [-0.2, 0) is 6.42 Å². The second-order valence-electron chi connectivity index (χ2n) is 3.77. The van der Waals surface area contributed by atoms with Crippen molar-refractivity contribution in [2.24, 2.45) is 0 Å². The Kier molecular flexibility index (Phi) is 3.80. The van der Waals surface area contributed by atoms with Gasteiger partial charge >= 0.3 is 0 Å². The van der Waals surface area contributed by atoms with Gasteiger partial charge in [-0.15, -0.1) is 0 Å². The van der Waals surface area contributed by atoms with Crippen molar-refractivity contribution in [3.05, 3.63) is 39.4 Å². The summed E-state index contributed by atoms with van der Waals surface area (Å²) in [7, 11) is 0. The molecule has 4 nitrogen and oxygen atoms in total. The molecule has 0 bridgehead atoms. The van der Waals surface area contributed by atoms with Gasteiger partial charge in [-0.05, 0) is 38.3 Å². The Balaban J connectivity index is 2.78. The largest absolute Gasteiger partial charge is 0.393 e. The van der Waals surface area contributed by atoms with Crippen LogP contribution < -0.4 is 0 Å². The predicted molar refractivity (Wildman–Crippen MR) is 57.8 cm³/mol. The van der Waals surface area contributed by atoms with Gasteiger partial charge in [-0.2, -0.15) is 0 Å². The number of aliphatic hydroxyl groups excluding tert-OH is 1. The summed E-state index contributed by atoms with van der Waals surface area (Å²) >= 11 is 0. The summed E-state index contributed by atoms with van der Waals surface area (Å²) < 4.78 is 0. The Labute approximate surface area is 88.7 Å². The summed E-state index contributed by atoms with van der Waals surface area (Å²) in [5.74, 6) is 0. The van der Waals surface area contributed by atoms with Crippen LogP contribution in [0, 0.1) is 17.0 Å². The molecule has 1 aromatic rings. The van der Waals surface area contributed by atoms with Crippen LogP contribution in [0.4, 0.5) is 5.69 Å². The van der Waals surface area contributed by atoms with E-state index in [0.717, 1.165) is 12.0 Å². The highest BCUT2D eigenvalue weighted by Gasteiger charge is 2.10. The van der Waals surface area contributed by atoms with Crippen molar-refractivity contribution in [2.45, 2.75) is 32.8 Å². The third-order valence-electron chi connectivity index (χ3n) is 2.31. The molecule has 0 aliphatic heterocycles. The molecule has 0 aliphatic carbocycles. The van der Waals surface area contributed by atoms with E-state index in [0.29, 0.717) is 12.0 Å². The predicted octanol–water partition coefficient (Wildman–Crippen LogP) is 2.22. The fourth-order valence-corrected chi connectivity index (χ4v) is 1.45. The van der Waals surface area contributed by atoms with Crippen LogP contribution in [0.5, 0.6) is 0 Å². The van der Waals surface area contributed by atoms with Gasteiger partial charge in [-0.3, -0.25) is 10.1 Å². The zero-order chi connectivity index (χ0) is 11.4. The SMILES string of the molecule is Cc1cc(CCC(C)O)ccc1[N+](=O)[O-]. The number of nitro benzene ring substituents is 1. The number of hydrogen-bond acceptors (Lipinski definition) is 3. The Bertz CT molecular complexity index is 361.